The first-order chi connectivity index (χ1) is 9.65. The molecule has 0 bridgehead atoms. The molecule has 1 saturated heterocycles. The van der Waals surface area contributed by atoms with Gasteiger partial charge >= 0.3 is 0 Å². The fraction of sp³-hybridized carbons (Fsp3) is 0.647. The van der Waals surface area contributed by atoms with Gasteiger partial charge in [0.15, 0.2) is 0 Å². The molecule has 1 fully saturated rings. The number of benzene rings is 1. The third kappa shape index (κ3) is 4.80. The Bertz CT molecular complexity index is 377. The SMILES string of the molecule is CC(C)NC1CCN(CCCN(C)c2ccccc2)C1. The van der Waals surface area contributed by atoms with Gasteiger partial charge in [-0.15, -0.1) is 0 Å². The van der Waals surface area contributed by atoms with Crippen molar-refractivity contribution in [3.8, 4) is 0 Å². The van der Waals surface area contributed by atoms with Gasteiger partial charge in [-0.3, -0.25) is 0 Å². The third-order valence-electron chi connectivity index (χ3n) is 4.01. The molecule has 3 heteroatoms. The molecule has 20 heavy (non-hydrogen) atoms. The lowest BCUT2D eigenvalue weighted by molar-refractivity contribution is 0.321. The molecule has 1 heterocycles. The standard InChI is InChI=1S/C17H29N3/c1-15(2)18-16-10-13-20(14-16)12-7-11-19(3)17-8-5-4-6-9-17/h4-6,8-9,15-16,18H,7,10-14H2,1-3H3. The van der Waals surface area contributed by atoms with Crippen LogP contribution in [0.2, 0.25) is 0 Å². The Kier molecular flexibility index (Phi) is 5.86. The molecule has 2 rings (SSSR count). The van der Waals surface area contributed by atoms with E-state index < -0.39 is 0 Å². The van der Waals surface area contributed by atoms with Crippen molar-refractivity contribution < 1.29 is 0 Å². The second kappa shape index (κ2) is 7.65. The van der Waals surface area contributed by atoms with Crippen LogP contribution in [0.15, 0.2) is 30.3 Å². The summed E-state index contributed by atoms with van der Waals surface area (Å²) in [5.41, 5.74) is 1.31. The van der Waals surface area contributed by atoms with Crippen LogP contribution in [0.1, 0.15) is 26.7 Å². The first kappa shape index (κ1) is 15.3. The summed E-state index contributed by atoms with van der Waals surface area (Å²) >= 11 is 0. The average Bonchev–Trinajstić information content (AvgIpc) is 2.86. The van der Waals surface area contributed by atoms with Crippen molar-refractivity contribution in [2.45, 2.75) is 38.8 Å². The van der Waals surface area contributed by atoms with Crippen LogP contribution in [0.4, 0.5) is 5.69 Å². The van der Waals surface area contributed by atoms with E-state index in [9.17, 15) is 0 Å². The third-order valence-corrected chi connectivity index (χ3v) is 4.01. The van der Waals surface area contributed by atoms with E-state index in [1.165, 1.54) is 38.2 Å². The highest BCUT2D eigenvalue weighted by Crippen LogP contribution is 2.13. The minimum absolute atomic E-state index is 0.601. The van der Waals surface area contributed by atoms with Crippen LogP contribution < -0.4 is 10.2 Å². The lowest BCUT2D eigenvalue weighted by Crippen LogP contribution is -2.37. The smallest absolute Gasteiger partial charge is 0.0363 e. The molecule has 1 aromatic rings. The maximum atomic E-state index is 3.64. The van der Waals surface area contributed by atoms with Crippen molar-refractivity contribution in [2.75, 3.05) is 38.1 Å². The maximum Gasteiger partial charge on any atom is 0.0363 e. The summed E-state index contributed by atoms with van der Waals surface area (Å²) in [4.78, 5) is 4.94. The number of rotatable bonds is 7. The van der Waals surface area contributed by atoms with Gasteiger partial charge in [0.1, 0.15) is 0 Å². The molecule has 0 amide bonds. The molecule has 1 N–H and O–H groups in total. The van der Waals surface area contributed by atoms with Crippen molar-refractivity contribution in [3.05, 3.63) is 30.3 Å². The molecule has 1 aliphatic rings. The summed E-state index contributed by atoms with van der Waals surface area (Å²) in [6, 6.07) is 11.9. The summed E-state index contributed by atoms with van der Waals surface area (Å²) in [7, 11) is 2.18. The van der Waals surface area contributed by atoms with E-state index in [1.54, 1.807) is 0 Å². The van der Waals surface area contributed by atoms with Gasteiger partial charge in [-0.25, -0.2) is 0 Å². The van der Waals surface area contributed by atoms with Crippen molar-refractivity contribution in [3.63, 3.8) is 0 Å². The van der Waals surface area contributed by atoms with E-state index in [0.29, 0.717) is 12.1 Å². The van der Waals surface area contributed by atoms with E-state index in [-0.39, 0.29) is 0 Å². The second-order valence-corrected chi connectivity index (χ2v) is 6.22. The van der Waals surface area contributed by atoms with Gasteiger partial charge in [-0.1, -0.05) is 32.0 Å². The number of likely N-dealkylation sites (tertiary alicyclic amines) is 1. The van der Waals surface area contributed by atoms with E-state index >= 15 is 0 Å². The molecular weight excluding hydrogens is 246 g/mol. The van der Waals surface area contributed by atoms with Crippen molar-refractivity contribution in [2.24, 2.45) is 0 Å². The van der Waals surface area contributed by atoms with Crippen molar-refractivity contribution in [1.82, 2.24) is 10.2 Å². The molecule has 0 aromatic heterocycles. The molecule has 112 valence electrons. The molecule has 1 aromatic carbocycles. The molecule has 1 unspecified atom stereocenters. The van der Waals surface area contributed by atoms with Gasteiger partial charge in [0, 0.05) is 37.9 Å². The van der Waals surface area contributed by atoms with Gasteiger partial charge in [-0.05, 0) is 38.1 Å². The Hall–Kier alpha value is -1.06. The summed E-state index contributed by atoms with van der Waals surface area (Å²) in [5, 5.41) is 3.64. The van der Waals surface area contributed by atoms with Gasteiger partial charge < -0.3 is 15.1 Å². The largest absolute Gasteiger partial charge is 0.375 e. The quantitative estimate of drug-likeness (QED) is 0.825. The van der Waals surface area contributed by atoms with Gasteiger partial charge in [-0.2, -0.15) is 0 Å². The topological polar surface area (TPSA) is 18.5 Å². The predicted molar refractivity (Wildman–Crippen MR) is 87.4 cm³/mol. The van der Waals surface area contributed by atoms with Gasteiger partial charge in [0.2, 0.25) is 0 Å². The maximum absolute atomic E-state index is 3.64. The Morgan fingerprint density at radius 2 is 2.05 bits per heavy atom. The first-order valence-corrected chi connectivity index (χ1v) is 7.89. The van der Waals surface area contributed by atoms with E-state index in [2.05, 4.69) is 66.3 Å². The fourth-order valence-corrected chi connectivity index (χ4v) is 2.99. The normalized spacial score (nSPS) is 19.7. The Labute approximate surface area is 124 Å². The zero-order valence-corrected chi connectivity index (χ0v) is 13.2. The molecule has 0 saturated carbocycles. The Morgan fingerprint density at radius 1 is 1.30 bits per heavy atom. The Balaban J connectivity index is 1.64. The zero-order valence-electron chi connectivity index (χ0n) is 13.2. The minimum Gasteiger partial charge on any atom is -0.375 e. The van der Waals surface area contributed by atoms with Gasteiger partial charge in [0.25, 0.3) is 0 Å². The van der Waals surface area contributed by atoms with E-state index in [1.807, 2.05) is 0 Å². The minimum atomic E-state index is 0.601. The second-order valence-electron chi connectivity index (χ2n) is 6.22. The van der Waals surface area contributed by atoms with Crippen molar-refractivity contribution in [1.29, 1.82) is 0 Å². The number of hydrogen-bond acceptors (Lipinski definition) is 3. The van der Waals surface area contributed by atoms with E-state index in [4.69, 9.17) is 0 Å². The molecule has 0 spiro atoms. The predicted octanol–water partition coefficient (Wildman–Crippen LogP) is 2.59. The lowest BCUT2D eigenvalue weighted by atomic mass is 10.2. The fourth-order valence-electron chi connectivity index (χ4n) is 2.99. The highest BCUT2D eigenvalue weighted by atomic mass is 15.2. The number of para-hydroxylation sites is 1. The Morgan fingerprint density at radius 3 is 2.75 bits per heavy atom. The summed E-state index contributed by atoms with van der Waals surface area (Å²) in [5.74, 6) is 0. The summed E-state index contributed by atoms with van der Waals surface area (Å²) < 4.78 is 0. The van der Waals surface area contributed by atoms with Crippen LogP contribution >= 0.6 is 0 Å². The van der Waals surface area contributed by atoms with Crippen LogP contribution in [0.3, 0.4) is 0 Å². The van der Waals surface area contributed by atoms with Gasteiger partial charge in [0.05, 0.1) is 0 Å². The molecule has 1 aliphatic heterocycles. The molecule has 0 radical (unpaired) electrons. The average molecular weight is 275 g/mol. The van der Waals surface area contributed by atoms with Crippen LogP contribution in [-0.4, -0.2) is 50.2 Å². The summed E-state index contributed by atoms with van der Waals surface area (Å²) in [6.45, 7) is 9.28. The number of nitrogens with one attached hydrogen (secondary N) is 1. The molecular formula is C17H29N3. The number of hydrogen-bond donors (Lipinski definition) is 1. The van der Waals surface area contributed by atoms with Crippen LogP contribution in [0, 0.1) is 0 Å². The number of nitrogens with zero attached hydrogens (tertiary/aromatic N) is 2. The highest BCUT2D eigenvalue weighted by molar-refractivity contribution is 5.44. The molecule has 3 nitrogen and oxygen atoms in total. The highest BCUT2D eigenvalue weighted by Gasteiger charge is 2.21. The monoisotopic (exact) mass is 275 g/mol. The summed E-state index contributed by atoms with van der Waals surface area (Å²) in [6.07, 6.45) is 2.53. The zero-order chi connectivity index (χ0) is 14.4. The van der Waals surface area contributed by atoms with Crippen LogP contribution in [-0.2, 0) is 0 Å². The lowest BCUT2D eigenvalue weighted by Gasteiger charge is -2.22. The first-order valence-electron chi connectivity index (χ1n) is 7.89. The van der Waals surface area contributed by atoms with Crippen molar-refractivity contribution >= 4 is 5.69 Å². The van der Waals surface area contributed by atoms with Crippen LogP contribution in [0.5, 0.6) is 0 Å². The molecule has 0 aliphatic carbocycles. The van der Waals surface area contributed by atoms with E-state index in [0.717, 1.165) is 6.54 Å². The molecule has 1 atom stereocenters. The number of anilines is 1. The van der Waals surface area contributed by atoms with Crippen LogP contribution in [0.25, 0.3) is 0 Å².